The number of ether oxygens (including phenoxy) is 1. The molecule has 5 rings (SSSR count). The fourth-order valence-corrected chi connectivity index (χ4v) is 4.25. The molecule has 1 aliphatic carbocycles. The van der Waals surface area contributed by atoms with Crippen LogP contribution < -0.4 is 10.3 Å². The highest BCUT2D eigenvalue weighted by atomic mass is 16.5. The molecule has 0 spiro atoms. The van der Waals surface area contributed by atoms with E-state index in [0.29, 0.717) is 29.7 Å². The molecule has 1 saturated carbocycles. The molecule has 0 bridgehead atoms. The first-order chi connectivity index (χ1) is 15.1. The van der Waals surface area contributed by atoms with Crippen molar-refractivity contribution in [3.8, 4) is 22.6 Å². The number of aryl methyl sites for hydroxylation is 1. The Balaban J connectivity index is 1.55. The van der Waals surface area contributed by atoms with Crippen molar-refractivity contribution in [3.05, 3.63) is 77.5 Å². The molecule has 6 heteroatoms. The maximum Gasteiger partial charge on any atom is 0.263 e. The third-order valence-electron chi connectivity index (χ3n) is 5.94. The fourth-order valence-electron chi connectivity index (χ4n) is 4.25. The van der Waals surface area contributed by atoms with E-state index in [2.05, 4.69) is 9.55 Å². The van der Waals surface area contributed by atoms with Crippen molar-refractivity contribution in [2.75, 3.05) is 0 Å². The van der Waals surface area contributed by atoms with Crippen LogP contribution in [0.3, 0.4) is 0 Å². The van der Waals surface area contributed by atoms with Crippen molar-refractivity contribution < 1.29 is 9.53 Å². The maximum atomic E-state index is 13.0. The standard InChI is InChI=1S/C25H23N3O3/c1-27-16-26-24-23(25(27)30)22(15-28(24)18-9-11-19(29)12-10-18)17-7-13-21(14-8-17)31-20-5-3-2-4-6-20/h2-8,13-16,18H,9-12H2,1H3. The Bertz CT molecular complexity index is 1290. The van der Waals surface area contributed by atoms with Crippen LogP contribution in [0.5, 0.6) is 11.5 Å². The van der Waals surface area contributed by atoms with E-state index in [0.717, 1.165) is 35.5 Å². The highest BCUT2D eigenvalue weighted by molar-refractivity contribution is 5.93. The van der Waals surface area contributed by atoms with E-state index < -0.39 is 0 Å². The Morgan fingerprint density at radius 3 is 2.32 bits per heavy atom. The SMILES string of the molecule is Cn1cnc2c(c(-c3ccc(Oc4ccccc4)cc3)cn2C2CCC(=O)CC2)c1=O. The fraction of sp³-hybridized carbons (Fsp3) is 0.240. The van der Waals surface area contributed by atoms with Crippen molar-refractivity contribution in [1.82, 2.24) is 14.1 Å². The second-order valence-corrected chi connectivity index (χ2v) is 8.02. The molecule has 0 atom stereocenters. The Kier molecular flexibility index (Phi) is 4.90. The predicted octanol–water partition coefficient (Wildman–Crippen LogP) is 4.88. The minimum Gasteiger partial charge on any atom is -0.457 e. The molecule has 0 N–H and O–H groups in total. The van der Waals surface area contributed by atoms with Crippen LogP contribution >= 0.6 is 0 Å². The van der Waals surface area contributed by atoms with Gasteiger partial charge in [-0.15, -0.1) is 0 Å². The summed E-state index contributed by atoms with van der Waals surface area (Å²) in [7, 11) is 1.71. The number of nitrogens with zero attached hydrogens (tertiary/aromatic N) is 3. The quantitative estimate of drug-likeness (QED) is 0.478. The molecule has 2 aromatic heterocycles. The molecule has 31 heavy (non-hydrogen) atoms. The predicted molar refractivity (Wildman–Crippen MR) is 119 cm³/mol. The number of carbonyl (C=O) groups is 1. The molecule has 0 saturated heterocycles. The number of hydrogen-bond donors (Lipinski definition) is 0. The van der Waals surface area contributed by atoms with Crippen molar-refractivity contribution in [2.24, 2.45) is 7.05 Å². The summed E-state index contributed by atoms with van der Waals surface area (Å²) in [6.45, 7) is 0. The van der Waals surface area contributed by atoms with Gasteiger partial charge in [0, 0.05) is 37.7 Å². The van der Waals surface area contributed by atoms with E-state index >= 15 is 0 Å². The van der Waals surface area contributed by atoms with Gasteiger partial charge in [0.05, 0.1) is 11.7 Å². The van der Waals surface area contributed by atoms with Gasteiger partial charge in [0.2, 0.25) is 0 Å². The van der Waals surface area contributed by atoms with Gasteiger partial charge in [-0.1, -0.05) is 30.3 Å². The van der Waals surface area contributed by atoms with E-state index in [1.54, 1.807) is 13.4 Å². The molecule has 0 unspecified atom stereocenters. The van der Waals surface area contributed by atoms with Crippen LogP contribution in [0, 0.1) is 0 Å². The van der Waals surface area contributed by atoms with E-state index in [1.807, 2.05) is 60.8 Å². The van der Waals surface area contributed by atoms with Crippen LogP contribution in [-0.4, -0.2) is 19.9 Å². The average Bonchev–Trinajstić information content (AvgIpc) is 3.18. The van der Waals surface area contributed by atoms with Gasteiger partial charge in [0.1, 0.15) is 22.9 Å². The number of rotatable bonds is 4. The van der Waals surface area contributed by atoms with Gasteiger partial charge in [0.15, 0.2) is 0 Å². The number of aromatic nitrogens is 3. The van der Waals surface area contributed by atoms with Gasteiger partial charge < -0.3 is 13.9 Å². The zero-order valence-corrected chi connectivity index (χ0v) is 17.3. The number of benzene rings is 2. The zero-order valence-electron chi connectivity index (χ0n) is 17.3. The number of ketones is 1. The minimum atomic E-state index is -0.0738. The third-order valence-corrected chi connectivity index (χ3v) is 5.94. The normalized spacial score (nSPS) is 14.8. The number of fused-ring (bicyclic) bond motifs is 1. The average molecular weight is 413 g/mol. The van der Waals surface area contributed by atoms with Crippen LogP contribution in [0.15, 0.2) is 71.9 Å². The topological polar surface area (TPSA) is 66.1 Å². The van der Waals surface area contributed by atoms with Crippen LogP contribution in [0.4, 0.5) is 0 Å². The first-order valence-corrected chi connectivity index (χ1v) is 10.5. The number of para-hydroxylation sites is 1. The molecule has 1 fully saturated rings. The lowest BCUT2D eigenvalue weighted by Gasteiger charge is -2.23. The second-order valence-electron chi connectivity index (χ2n) is 8.02. The van der Waals surface area contributed by atoms with E-state index in [4.69, 9.17) is 4.74 Å². The van der Waals surface area contributed by atoms with Gasteiger partial charge in [-0.2, -0.15) is 0 Å². The molecule has 1 aliphatic rings. The second kappa shape index (κ2) is 7.87. The van der Waals surface area contributed by atoms with Crippen molar-refractivity contribution in [1.29, 1.82) is 0 Å². The Morgan fingerprint density at radius 2 is 1.61 bits per heavy atom. The largest absolute Gasteiger partial charge is 0.457 e. The summed E-state index contributed by atoms with van der Waals surface area (Å²) in [5.41, 5.74) is 2.39. The highest BCUT2D eigenvalue weighted by Gasteiger charge is 2.24. The smallest absolute Gasteiger partial charge is 0.263 e. The summed E-state index contributed by atoms with van der Waals surface area (Å²) in [6, 6.07) is 17.6. The zero-order chi connectivity index (χ0) is 21.4. The van der Waals surface area contributed by atoms with E-state index in [1.165, 1.54) is 4.57 Å². The summed E-state index contributed by atoms with van der Waals surface area (Å²) in [5.74, 6) is 1.82. The number of carbonyl (C=O) groups excluding carboxylic acids is 1. The van der Waals surface area contributed by atoms with Crippen molar-refractivity contribution in [2.45, 2.75) is 31.7 Å². The molecule has 0 radical (unpaired) electrons. The van der Waals surface area contributed by atoms with Crippen molar-refractivity contribution >= 4 is 16.8 Å². The van der Waals surface area contributed by atoms with Gasteiger partial charge >= 0.3 is 0 Å². The first-order valence-electron chi connectivity index (χ1n) is 10.5. The molecule has 2 aromatic carbocycles. The number of hydrogen-bond acceptors (Lipinski definition) is 4. The van der Waals surface area contributed by atoms with Gasteiger partial charge in [-0.05, 0) is 42.7 Å². The van der Waals surface area contributed by atoms with Crippen LogP contribution in [0.1, 0.15) is 31.7 Å². The Morgan fingerprint density at radius 1 is 0.935 bits per heavy atom. The van der Waals surface area contributed by atoms with Crippen molar-refractivity contribution in [3.63, 3.8) is 0 Å². The molecule has 0 amide bonds. The lowest BCUT2D eigenvalue weighted by atomic mass is 9.94. The molecule has 156 valence electrons. The van der Waals surface area contributed by atoms with Gasteiger partial charge in [-0.25, -0.2) is 4.98 Å². The summed E-state index contributed by atoms with van der Waals surface area (Å²) >= 11 is 0. The van der Waals surface area contributed by atoms with Gasteiger partial charge in [-0.3, -0.25) is 9.59 Å². The van der Waals surface area contributed by atoms with Crippen LogP contribution in [-0.2, 0) is 11.8 Å². The van der Waals surface area contributed by atoms with E-state index in [9.17, 15) is 9.59 Å². The highest BCUT2D eigenvalue weighted by Crippen LogP contribution is 2.35. The summed E-state index contributed by atoms with van der Waals surface area (Å²) in [4.78, 5) is 29.3. The summed E-state index contributed by atoms with van der Waals surface area (Å²) < 4.78 is 9.49. The maximum absolute atomic E-state index is 13.0. The molecular weight excluding hydrogens is 390 g/mol. The number of Topliss-reactive ketones (excluding diaryl/α,β-unsaturated/α-hetero) is 1. The van der Waals surface area contributed by atoms with Crippen LogP contribution in [0.2, 0.25) is 0 Å². The third kappa shape index (κ3) is 3.65. The molecule has 0 aliphatic heterocycles. The van der Waals surface area contributed by atoms with Gasteiger partial charge in [0.25, 0.3) is 5.56 Å². The van der Waals surface area contributed by atoms with E-state index in [-0.39, 0.29) is 11.6 Å². The molecule has 6 nitrogen and oxygen atoms in total. The lowest BCUT2D eigenvalue weighted by molar-refractivity contribution is -0.120. The Hall–Kier alpha value is -3.67. The monoisotopic (exact) mass is 413 g/mol. The minimum absolute atomic E-state index is 0.0738. The summed E-state index contributed by atoms with van der Waals surface area (Å²) in [6.07, 6.45) is 6.31. The summed E-state index contributed by atoms with van der Waals surface area (Å²) in [5, 5.41) is 0.610. The Labute approximate surface area is 179 Å². The first kappa shape index (κ1) is 19.3. The molecular formula is C25H23N3O3. The lowest BCUT2D eigenvalue weighted by Crippen LogP contribution is -2.20. The molecule has 4 aromatic rings. The molecule has 2 heterocycles. The van der Waals surface area contributed by atoms with Crippen LogP contribution in [0.25, 0.3) is 22.2 Å².